The van der Waals surface area contributed by atoms with Gasteiger partial charge in [-0.15, -0.1) is 0 Å². The molecule has 4 N–H and O–H groups in total. The lowest BCUT2D eigenvalue weighted by molar-refractivity contribution is -0.124. The van der Waals surface area contributed by atoms with E-state index in [1.165, 1.54) is 0 Å². The Morgan fingerprint density at radius 2 is 2.29 bits per heavy atom. The van der Waals surface area contributed by atoms with Gasteiger partial charge in [0.1, 0.15) is 5.54 Å². The largest absolute Gasteiger partial charge is 0.396 e. The normalized spacial score (nSPS) is 20.9. The first-order valence-corrected chi connectivity index (χ1v) is 7.39. The number of amides is 1. The van der Waals surface area contributed by atoms with Gasteiger partial charge in [-0.2, -0.15) is 11.8 Å². The summed E-state index contributed by atoms with van der Waals surface area (Å²) in [5.74, 6) is 0.876. The molecule has 17 heavy (non-hydrogen) atoms. The average molecular weight is 260 g/mol. The maximum Gasteiger partial charge on any atom is 0.238 e. The Morgan fingerprint density at radius 3 is 2.71 bits per heavy atom. The third-order valence-electron chi connectivity index (χ3n) is 3.34. The molecule has 0 aliphatic heterocycles. The van der Waals surface area contributed by atoms with Gasteiger partial charge in [0.05, 0.1) is 0 Å². The molecule has 1 aliphatic rings. The number of aliphatic hydroxyl groups is 1. The maximum absolute atomic E-state index is 11.8. The van der Waals surface area contributed by atoms with Gasteiger partial charge in [0, 0.05) is 17.6 Å². The first kappa shape index (κ1) is 14.8. The summed E-state index contributed by atoms with van der Waals surface area (Å²) >= 11 is 1.72. The van der Waals surface area contributed by atoms with Crippen molar-refractivity contribution < 1.29 is 9.90 Å². The van der Waals surface area contributed by atoms with Gasteiger partial charge in [0.25, 0.3) is 0 Å². The minimum Gasteiger partial charge on any atom is -0.396 e. The summed E-state index contributed by atoms with van der Waals surface area (Å²) in [7, 11) is 0. The van der Waals surface area contributed by atoms with E-state index in [-0.39, 0.29) is 12.5 Å². The number of thioether (sulfide) groups is 1. The molecule has 1 amide bonds. The fourth-order valence-corrected chi connectivity index (χ4v) is 3.40. The van der Waals surface area contributed by atoms with E-state index in [2.05, 4.69) is 12.2 Å². The van der Waals surface area contributed by atoms with Crippen LogP contribution in [-0.4, -0.2) is 40.7 Å². The molecule has 0 bridgehead atoms. The zero-order chi connectivity index (χ0) is 12.9. The molecule has 1 fully saturated rings. The Bertz CT molecular complexity index is 259. The van der Waals surface area contributed by atoms with Gasteiger partial charge >= 0.3 is 0 Å². The number of hydrogen-bond donors (Lipinski definition) is 3. The molecule has 0 saturated heterocycles. The lowest BCUT2D eigenvalue weighted by atomic mass is 9.94. The number of aliphatic hydroxyl groups excluding tert-OH is 1. The van der Waals surface area contributed by atoms with Gasteiger partial charge < -0.3 is 16.2 Å². The Hall–Kier alpha value is -0.260. The minimum atomic E-state index is -0.539. The van der Waals surface area contributed by atoms with E-state index < -0.39 is 5.54 Å². The first-order valence-electron chi connectivity index (χ1n) is 6.34. The van der Waals surface area contributed by atoms with Gasteiger partial charge in [0.15, 0.2) is 0 Å². The molecule has 0 heterocycles. The summed E-state index contributed by atoms with van der Waals surface area (Å²) in [6, 6.07) is 0. The van der Waals surface area contributed by atoms with Crippen molar-refractivity contribution in [3.8, 4) is 0 Å². The van der Waals surface area contributed by atoms with Crippen molar-refractivity contribution in [2.75, 3.05) is 18.9 Å². The van der Waals surface area contributed by atoms with Crippen molar-refractivity contribution in [3.63, 3.8) is 0 Å². The van der Waals surface area contributed by atoms with Crippen LogP contribution in [-0.2, 0) is 4.79 Å². The van der Waals surface area contributed by atoms with Crippen molar-refractivity contribution >= 4 is 17.7 Å². The number of carbonyl (C=O) groups excluding carboxylic acids is 1. The summed E-state index contributed by atoms with van der Waals surface area (Å²) in [4.78, 5) is 11.8. The Morgan fingerprint density at radius 1 is 1.65 bits per heavy atom. The topological polar surface area (TPSA) is 75.3 Å². The highest BCUT2D eigenvalue weighted by molar-refractivity contribution is 8.00. The number of likely N-dealkylation sites (N-methyl/N-ethyl adjacent to an activating group) is 1. The second-order valence-corrected chi connectivity index (χ2v) is 6.20. The third kappa shape index (κ3) is 3.86. The van der Waals surface area contributed by atoms with Gasteiger partial charge in [-0.05, 0) is 31.7 Å². The zero-order valence-corrected chi connectivity index (χ0v) is 11.6. The second-order valence-electron chi connectivity index (χ2n) is 4.77. The van der Waals surface area contributed by atoms with Crippen LogP contribution in [0.1, 0.15) is 33.1 Å². The highest BCUT2D eigenvalue weighted by atomic mass is 32.2. The SMILES string of the molecule is CCNC(CSC(C)CCO)(C(N)=O)C1CC1. The van der Waals surface area contributed by atoms with Gasteiger partial charge in [-0.25, -0.2) is 0 Å². The predicted octanol–water partition coefficient (Wildman–Crippen LogP) is 0.734. The Kier molecular flexibility index (Phi) is 5.76. The van der Waals surface area contributed by atoms with Crippen molar-refractivity contribution in [1.82, 2.24) is 5.32 Å². The molecule has 1 aliphatic carbocycles. The molecule has 0 aromatic rings. The first-order chi connectivity index (χ1) is 8.06. The van der Waals surface area contributed by atoms with Crippen LogP contribution in [0.4, 0.5) is 0 Å². The Balaban J connectivity index is 2.59. The van der Waals surface area contributed by atoms with E-state index in [9.17, 15) is 4.79 Å². The molecule has 2 unspecified atom stereocenters. The number of rotatable bonds is 9. The molecule has 1 saturated carbocycles. The minimum absolute atomic E-state index is 0.197. The summed E-state index contributed by atoms with van der Waals surface area (Å²) in [5.41, 5.74) is 5.06. The highest BCUT2D eigenvalue weighted by Crippen LogP contribution is 2.42. The lowest BCUT2D eigenvalue weighted by Gasteiger charge is -2.32. The molecular weight excluding hydrogens is 236 g/mol. The van der Waals surface area contributed by atoms with Gasteiger partial charge in [0.2, 0.25) is 5.91 Å². The van der Waals surface area contributed by atoms with Crippen molar-refractivity contribution in [2.45, 2.75) is 43.9 Å². The van der Waals surface area contributed by atoms with Crippen molar-refractivity contribution in [3.05, 3.63) is 0 Å². The van der Waals surface area contributed by atoms with Crippen molar-refractivity contribution in [2.24, 2.45) is 11.7 Å². The van der Waals surface area contributed by atoms with Crippen molar-refractivity contribution in [1.29, 1.82) is 0 Å². The molecule has 0 aromatic heterocycles. The monoisotopic (exact) mass is 260 g/mol. The van der Waals surface area contributed by atoms with Crippen LogP contribution in [0.25, 0.3) is 0 Å². The molecule has 0 radical (unpaired) electrons. The van der Waals surface area contributed by atoms with Crippen LogP contribution >= 0.6 is 11.8 Å². The predicted molar refractivity (Wildman–Crippen MR) is 71.9 cm³/mol. The summed E-state index contributed by atoms with van der Waals surface area (Å²) in [6.07, 6.45) is 2.94. The molecular formula is C12H24N2O2S. The van der Waals surface area contributed by atoms with E-state index in [0.29, 0.717) is 16.9 Å². The average Bonchev–Trinajstić information content (AvgIpc) is 3.08. The Labute approximate surface area is 108 Å². The van der Waals surface area contributed by atoms with E-state index in [1.54, 1.807) is 11.8 Å². The number of carbonyl (C=O) groups is 1. The third-order valence-corrected chi connectivity index (χ3v) is 4.76. The fraction of sp³-hybridized carbons (Fsp3) is 0.917. The number of nitrogens with two attached hydrogens (primary N) is 1. The standard InChI is InChI=1S/C12H24N2O2S/c1-3-14-12(11(13)16,10-4-5-10)8-17-9(2)6-7-15/h9-10,14-15H,3-8H2,1-2H3,(H2,13,16). The number of hydrogen-bond acceptors (Lipinski definition) is 4. The molecule has 5 heteroatoms. The highest BCUT2D eigenvalue weighted by Gasteiger charge is 2.49. The van der Waals surface area contributed by atoms with Crippen LogP contribution in [0.15, 0.2) is 0 Å². The smallest absolute Gasteiger partial charge is 0.238 e. The van der Waals surface area contributed by atoms with Crippen LogP contribution in [0.3, 0.4) is 0 Å². The summed E-state index contributed by atoms with van der Waals surface area (Å²) in [5, 5.41) is 12.5. The maximum atomic E-state index is 11.8. The van der Waals surface area contributed by atoms with Gasteiger partial charge in [-0.1, -0.05) is 13.8 Å². The zero-order valence-electron chi connectivity index (χ0n) is 10.7. The summed E-state index contributed by atoms with van der Waals surface area (Å²) < 4.78 is 0. The molecule has 0 spiro atoms. The van der Waals surface area contributed by atoms with E-state index in [0.717, 1.165) is 25.8 Å². The van der Waals surface area contributed by atoms with E-state index >= 15 is 0 Å². The van der Waals surface area contributed by atoms with Crippen LogP contribution in [0, 0.1) is 5.92 Å². The molecule has 2 atom stereocenters. The quantitative estimate of drug-likeness (QED) is 0.571. The molecule has 1 rings (SSSR count). The van der Waals surface area contributed by atoms with E-state index in [1.807, 2.05) is 6.92 Å². The molecule has 100 valence electrons. The van der Waals surface area contributed by atoms with Crippen LogP contribution < -0.4 is 11.1 Å². The molecule has 4 nitrogen and oxygen atoms in total. The van der Waals surface area contributed by atoms with E-state index in [4.69, 9.17) is 10.8 Å². The van der Waals surface area contributed by atoms with Crippen LogP contribution in [0.5, 0.6) is 0 Å². The fourth-order valence-electron chi connectivity index (χ4n) is 2.10. The number of primary amides is 1. The van der Waals surface area contributed by atoms with Gasteiger partial charge in [-0.3, -0.25) is 4.79 Å². The molecule has 0 aromatic carbocycles. The lowest BCUT2D eigenvalue weighted by Crippen LogP contribution is -2.59. The summed E-state index contributed by atoms with van der Waals surface area (Å²) in [6.45, 7) is 5.03. The number of nitrogens with one attached hydrogen (secondary N) is 1. The van der Waals surface area contributed by atoms with Crippen LogP contribution in [0.2, 0.25) is 0 Å². The second kappa shape index (κ2) is 6.61.